The largest absolute Gasteiger partial charge is 0.409 e. The summed E-state index contributed by atoms with van der Waals surface area (Å²) in [6, 6.07) is 6.00. The van der Waals surface area contributed by atoms with Crippen LogP contribution < -0.4 is 16.5 Å². The lowest BCUT2D eigenvalue weighted by Crippen LogP contribution is -2.21. The van der Waals surface area contributed by atoms with Crippen molar-refractivity contribution in [3.63, 3.8) is 0 Å². The Hall–Kier alpha value is -2.61. The van der Waals surface area contributed by atoms with E-state index in [0.717, 1.165) is 0 Å². The van der Waals surface area contributed by atoms with Gasteiger partial charge in [-0.25, -0.2) is 0 Å². The number of rotatable bonds is 3. The maximum Gasteiger partial charge on any atom is 0.261 e. The lowest BCUT2D eigenvalue weighted by Gasteiger charge is -2.08. The first-order valence-electron chi connectivity index (χ1n) is 5.79. The number of hydrogen-bond acceptors (Lipinski definition) is 4. The van der Waals surface area contributed by atoms with Gasteiger partial charge in [0, 0.05) is 28.5 Å². The second-order valence-corrected chi connectivity index (χ2v) is 4.91. The molecule has 0 aliphatic carbocycles. The molecule has 0 spiro atoms. The van der Waals surface area contributed by atoms with Gasteiger partial charge in [0.15, 0.2) is 11.3 Å². The normalized spacial score (nSPS) is 11.2. The molecular formula is C13H11BrN4O3. The van der Waals surface area contributed by atoms with Gasteiger partial charge in [-0.3, -0.25) is 9.59 Å². The van der Waals surface area contributed by atoms with Gasteiger partial charge in [-0.2, -0.15) is 0 Å². The fourth-order valence-corrected chi connectivity index (χ4v) is 2.09. The zero-order chi connectivity index (χ0) is 15.4. The third-order valence-electron chi connectivity index (χ3n) is 2.69. The van der Waals surface area contributed by atoms with Crippen LogP contribution in [-0.2, 0) is 0 Å². The first kappa shape index (κ1) is 14.8. The molecule has 21 heavy (non-hydrogen) atoms. The minimum Gasteiger partial charge on any atom is -0.409 e. The number of pyridine rings is 1. The number of nitrogens with one attached hydrogen (secondary N) is 2. The molecule has 2 rings (SSSR count). The Morgan fingerprint density at radius 3 is 2.76 bits per heavy atom. The maximum atomic E-state index is 12.0. The second kappa shape index (κ2) is 6.23. The van der Waals surface area contributed by atoms with E-state index in [4.69, 9.17) is 10.9 Å². The molecule has 1 heterocycles. The summed E-state index contributed by atoms with van der Waals surface area (Å²) < 4.78 is 0.535. The van der Waals surface area contributed by atoms with Crippen molar-refractivity contribution < 1.29 is 10.0 Å². The van der Waals surface area contributed by atoms with Crippen molar-refractivity contribution in [2.75, 3.05) is 5.32 Å². The number of anilines is 1. The Labute approximate surface area is 127 Å². The van der Waals surface area contributed by atoms with E-state index in [-0.39, 0.29) is 16.8 Å². The molecule has 8 heteroatoms. The Balaban J connectivity index is 2.27. The predicted molar refractivity (Wildman–Crippen MR) is 81.7 cm³/mol. The van der Waals surface area contributed by atoms with Gasteiger partial charge < -0.3 is 21.2 Å². The maximum absolute atomic E-state index is 12.0. The van der Waals surface area contributed by atoms with Crippen LogP contribution in [0, 0.1) is 0 Å². The van der Waals surface area contributed by atoms with E-state index in [1.54, 1.807) is 18.2 Å². The van der Waals surface area contributed by atoms with Gasteiger partial charge in [0.05, 0.1) is 5.69 Å². The molecule has 0 atom stereocenters. The number of halogens is 1. The van der Waals surface area contributed by atoms with Gasteiger partial charge in [-0.1, -0.05) is 5.16 Å². The number of nitrogens with two attached hydrogens (primary N) is 1. The molecule has 108 valence electrons. The van der Waals surface area contributed by atoms with Crippen LogP contribution in [-0.4, -0.2) is 21.9 Å². The molecule has 2 aromatic rings. The SMILES string of the molecule is N/C(=N/O)c1ccc(NC(=O)c2c[nH]ccc2=O)c(Br)c1. The van der Waals surface area contributed by atoms with E-state index in [9.17, 15) is 9.59 Å². The molecule has 0 aliphatic rings. The van der Waals surface area contributed by atoms with Crippen LogP contribution in [0.5, 0.6) is 0 Å². The Morgan fingerprint density at radius 2 is 2.14 bits per heavy atom. The van der Waals surface area contributed by atoms with Crippen molar-refractivity contribution in [1.82, 2.24) is 4.98 Å². The van der Waals surface area contributed by atoms with Gasteiger partial charge in [0.2, 0.25) is 0 Å². The monoisotopic (exact) mass is 350 g/mol. The van der Waals surface area contributed by atoms with Crippen LogP contribution in [0.15, 0.2) is 51.1 Å². The summed E-state index contributed by atoms with van der Waals surface area (Å²) in [6.45, 7) is 0. The summed E-state index contributed by atoms with van der Waals surface area (Å²) in [5.41, 5.74) is 6.04. The molecule has 1 aromatic heterocycles. The van der Waals surface area contributed by atoms with E-state index in [0.29, 0.717) is 15.7 Å². The standard InChI is InChI=1S/C13H11BrN4O3/c14-9-5-7(12(15)18-21)1-2-10(9)17-13(20)8-6-16-4-3-11(8)19/h1-6,21H,(H2,15,18)(H,16,19)(H,17,20). The van der Waals surface area contributed by atoms with Crippen LogP contribution in [0.25, 0.3) is 0 Å². The lowest BCUT2D eigenvalue weighted by molar-refractivity contribution is 0.102. The smallest absolute Gasteiger partial charge is 0.261 e. The van der Waals surface area contributed by atoms with E-state index < -0.39 is 5.91 Å². The zero-order valence-corrected chi connectivity index (χ0v) is 12.2. The third kappa shape index (κ3) is 3.29. The Kier molecular flexibility index (Phi) is 4.39. The molecule has 5 N–H and O–H groups in total. The van der Waals surface area contributed by atoms with Crippen LogP contribution >= 0.6 is 15.9 Å². The topological polar surface area (TPSA) is 121 Å². The molecule has 1 amide bonds. The highest BCUT2D eigenvalue weighted by atomic mass is 79.9. The van der Waals surface area contributed by atoms with Crippen molar-refractivity contribution in [3.05, 3.63) is 62.5 Å². The lowest BCUT2D eigenvalue weighted by atomic mass is 10.2. The Morgan fingerprint density at radius 1 is 1.38 bits per heavy atom. The minimum atomic E-state index is -0.533. The number of amides is 1. The zero-order valence-electron chi connectivity index (χ0n) is 10.6. The second-order valence-electron chi connectivity index (χ2n) is 4.06. The molecule has 0 saturated heterocycles. The summed E-state index contributed by atoms with van der Waals surface area (Å²) >= 11 is 3.27. The summed E-state index contributed by atoms with van der Waals surface area (Å²) in [4.78, 5) is 26.3. The number of aromatic amines is 1. The van der Waals surface area contributed by atoms with Crippen molar-refractivity contribution >= 4 is 33.4 Å². The average molecular weight is 351 g/mol. The van der Waals surface area contributed by atoms with E-state index in [2.05, 4.69) is 31.4 Å². The number of oxime groups is 1. The first-order valence-corrected chi connectivity index (χ1v) is 6.58. The number of aromatic nitrogens is 1. The van der Waals surface area contributed by atoms with Crippen molar-refractivity contribution in [1.29, 1.82) is 0 Å². The molecule has 0 aliphatic heterocycles. The van der Waals surface area contributed by atoms with Crippen LogP contribution in [0.1, 0.15) is 15.9 Å². The number of benzene rings is 1. The summed E-state index contributed by atoms with van der Waals surface area (Å²) in [5, 5.41) is 14.1. The van der Waals surface area contributed by atoms with Gasteiger partial charge in [0.25, 0.3) is 5.91 Å². The predicted octanol–water partition coefficient (Wildman–Crippen LogP) is 1.48. The van der Waals surface area contributed by atoms with E-state index in [1.165, 1.54) is 18.5 Å². The molecule has 7 nitrogen and oxygen atoms in total. The molecule has 1 aromatic carbocycles. The highest BCUT2D eigenvalue weighted by molar-refractivity contribution is 9.10. The van der Waals surface area contributed by atoms with Crippen LogP contribution in [0.2, 0.25) is 0 Å². The molecule has 0 saturated carbocycles. The third-order valence-corrected chi connectivity index (χ3v) is 3.35. The van der Waals surface area contributed by atoms with Gasteiger partial charge in [-0.05, 0) is 34.1 Å². The van der Waals surface area contributed by atoms with Crippen molar-refractivity contribution in [2.45, 2.75) is 0 Å². The molecule has 0 radical (unpaired) electrons. The molecule has 0 unspecified atom stereocenters. The van der Waals surface area contributed by atoms with Crippen LogP contribution in [0.4, 0.5) is 5.69 Å². The number of carbonyl (C=O) groups excluding carboxylic acids is 1. The van der Waals surface area contributed by atoms with Crippen molar-refractivity contribution in [3.8, 4) is 0 Å². The van der Waals surface area contributed by atoms with Crippen molar-refractivity contribution in [2.24, 2.45) is 10.9 Å². The van der Waals surface area contributed by atoms with Crippen LogP contribution in [0.3, 0.4) is 0 Å². The van der Waals surface area contributed by atoms with Gasteiger partial charge in [0.1, 0.15) is 5.56 Å². The summed E-state index contributed by atoms with van der Waals surface area (Å²) in [6.07, 6.45) is 2.77. The molecule has 0 fully saturated rings. The van der Waals surface area contributed by atoms with E-state index >= 15 is 0 Å². The van der Waals surface area contributed by atoms with Gasteiger partial charge in [-0.15, -0.1) is 0 Å². The number of hydrogen-bond donors (Lipinski definition) is 4. The Bertz CT molecular complexity index is 770. The average Bonchev–Trinajstić information content (AvgIpc) is 2.48. The summed E-state index contributed by atoms with van der Waals surface area (Å²) in [5.74, 6) is -0.581. The minimum absolute atomic E-state index is 0.00455. The van der Waals surface area contributed by atoms with E-state index in [1.807, 2.05) is 0 Å². The fraction of sp³-hybridized carbons (Fsp3) is 0. The quantitative estimate of drug-likeness (QED) is 0.290. The number of H-pyrrole nitrogens is 1. The summed E-state index contributed by atoms with van der Waals surface area (Å²) in [7, 11) is 0. The fourth-order valence-electron chi connectivity index (χ4n) is 1.62. The highest BCUT2D eigenvalue weighted by Gasteiger charge is 2.12. The number of carbonyl (C=O) groups is 1. The molecular weight excluding hydrogens is 340 g/mol. The highest BCUT2D eigenvalue weighted by Crippen LogP contribution is 2.24. The van der Waals surface area contributed by atoms with Gasteiger partial charge >= 0.3 is 0 Å². The number of amidine groups is 1. The first-order chi connectivity index (χ1) is 10.0. The number of nitrogens with zero attached hydrogens (tertiary/aromatic N) is 1. The molecule has 0 bridgehead atoms.